The summed E-state index contributed by atoms with van der Waals surface area (Å²) < 4.78 is 67.4. The van der Waals surface area contributed by atoms with Crippen molar-refractivity contribution in [3.63, 3.8) is 0 Å². The first-order chi connectivity index (χ1) is 13.6. The third kappa shape index (κ3) is 4.65. The predicted octanol–water partition coefficient (Wildman–Crippen LogP) is 5.12. The highest BCUT2D eigenvalue weighted by Crippen LogP contribution is 2.34. The summed E-state index contributed by atoms with van der Waals surface area (Å²) in [7, 11) is -4.39. The van der Waals surface area contributed by atoms with Gasteiger partial charge in [0.05, 0.1) is 10.5 Å². The molecule has 0 aliphatic rings. The lowest BCUT2D eigenvalue weighted by Crippen LogP contribution is -2.29. The molecule has 152 valence electrons. The highest BCUT2D eigenvalue weighted by atomic mass is 32.2. The molecule has 1 N–H and O–H groups in total. The lowest BCUT2D eigenvalue weighted by Gasteiger charge is -2.18. The summed E-state index contributed by atoms with van der Waals surface area (Å²) in [6.45, 7) is 3.50. The van der Waals surface area contributed by atoms with Gasteiger partial charge in [-0.1, -0.05) is 30.3 Å². The van der Waals surface area contributed by atoms with Crippen LogP contribution < -0.4 is 4.72 Å². The molecule has 0 spiro atoms. The fourth-order valence-electron chi connectivity index (χ4n) is 3.07. The van der Waals surface area contributed by atoms with Gasteiger partial charge in [-0.15, -0.1) is 0 Å². The number of halogens is 3. The van der Waals surface area contributed by atoms with Crippen molar-refractivity contribution in [3.8, 4) is 11.1 Å². The van der Waals surface area contributed by atoms with Gasteiger partial charge in [-0.2, -0.15) is 13.2 Å². The van der Waals surface area contributed by atoms with Gasteiger partial charge in [-0.05, 0) is 60.4 Å². The van der Waals surface area contributed by atoms with Gasteiger partial charge in [0, 0.05) is 18.4 Å². The van der Waals surface area contributed by atoms with Crippen molar-refractivity contribution in [2.24, 2.45) is 0 Å². The average molecular weight is 420 g/mol. The summed E-state index contributed by atoms with van der Waals surface area (Å²) in [6.07, 6.45) is -1.38. The fourth-order valence-corrected chi connectivity index (χ4v) is 4.53. The van der Waals surface area contributed by atoms with Crippen molar-refractivity contribution >= 4 is 10.0 Å². The van der Waals surface area contributed by atoms with E-state index in [0.717, 1.165) is 34.9 Å². The molecule has 0 radical (unpaired) electrons. The molecule has 1 heterocycles. The molecule has 0 unspecified atom stereocenters. The van der Waals surface area contributed by atoms with Gasteiger partial charge in [-0.3, -0.25) is 4.98 Å². The minimum atomic E-state index is -4.77. The van der Waals surface area contributed by atoms with Gasteiger partial charge >= 0.3 is 6.18 Å². The highest BCUT2D eigenvalue weighted by molar-refractivity contribution is 7.89. The summed E-state index contributed by atoms with van der Waals surface area (Å²) in [5.74, 6) is 0. The number of alkyl halides is 3. The molecule has 2 aromatic carbocycles. The summed E-state index contributed by atoms with van der Waals surface area (Å²) in [6, 6.07) is 12.4. The molecule has 0 saturated heterocycles. The third-order valence-corrected chi connectivity index (χ3v) is 6.13. The number of aromatic nitrogens is 1. The number of hydrogen-bond donors (Lipinski definition) is 1. The summed E-state index contributed by atoms with van der Waals surface area (Å²) in [5, 5.41) is 0. The smallest absolute Gasteiger partial charge is 0.264 e. The van der Waals surface area contributed by atoms with Crippen LogP contribution in [0.5, 0.6) is 0 Å². The fraction of sp³-hybridized carbons (Fsp3) is 0.190. The average Bonchev–Trinajstić information content (AvgIpc) is 2.67. The maximum absolute atomic E-state index is 13.2. The number of rotatable bonds is 5. The van der Waals surface area contributed by atoms with Crippen LogP contribution in [-0.2, 0) is 16.2 Å². The van der Waals surface area contributed by atoms with Crippen LogP contribution in [0, 0.1) is 6.92 Å². The van der Waals surface area contributed by atoms with Crippen LogP contribution in [0.15, 0.2) is 71.9 Å². The second kappa shape index (κ2) is 7.96. The first kappa shape index (κ1) is 21.0. The molecule has 8 heteroatoms. The molecule has 1 aromatic heterocycles. The molecule has 29 heavy (non-hydrogen) atoms. The van der Waals surface area contributed by atoms with E-state index in [1.54, 1.807) is 31.5 Å². The third-order valence-electron chi connectivity index (χ3n) is 4.53. The van der Waals surface area contributed by atoms with Gasteiger partial charge in [0.15, 0.2) is 0 Å². The number of nitrogens with zero attached hydrogens (tertiary/aromatic N) is 1. The van der Waals surface area contributed by atoms with Crippen LogP contribution in [0.4, 0.5) is 13.2 Å². The Labute approximate surface area is 167 Å². The molecule has 0 amide bonds. The highest BCUT2D eigenvalue weighted by Gasteiger charge is 2.37. The molecule has 0 aliphatic carbocycles. The molecule has 0 bridgehead atoms. The molecule has 4 nitrogen and oxygen atoms in total. The van der Waals surface area contributed by atoms with Crippen LogP contribution >= 0.6 is 0 Å². The van der Waals surface area contributed by atoms with Gasteiger partial charge in [0.1, 0.15) is 0 Å². The van der Waals surface area contributed by atoms with E-state index in [2.05, 4.69) is 9.71 Å². The quantitative estimate of drug-likeness (QED) is 0.624. The number of sulfonamides is 1. The van der Waals surface area contributed by atoms with Crippen LogP contribution in [0.1, 0.15) is 29.7 Å². The van der Waals surface area contributed by atoms with Crippen molar-refractivity contribution in [2.45, 2.75) is 31.0 Å². The summed E-state index contributed by atoms with van der Waals surface area (Å²) in [5.41, 5.74) is 2.20. The lowest BCUT2D eigenvalue weighted by atomic mass is 9.99. The zero-order valence-corrected chi connectivity index (χ0v) is 16.6. The molecular formula is C21H19F3N2O2S. The summed E-state index contributed by atoms with van der Waals surface area (Å²) >= 11 is 0. The standard InChI is InChI=1S/C21H19F3N2O2S/c1-14-13-25-11-10-18(14)17-7-5-6-16(12-17)15(2)26-29(27,28)20-9-4-3-8-19(20)21(22,23)24/h3-13,15,26H,1-2H3/t15-/m1/s1. The second-order valence-corrected chi connectivity index (χ2v) is 8.34. The van der Waals surface area contributed by atoms with Crippen molar-refractivity contribution in [3.05, 3.63) is 83.7 Å². The van der Waals surface area contributed by atoms with E-state index in [0.29, 0.717) is 5.56 Å². The summed E-state index contributed by atoms with van der Waals surface area (Å²) in [4.78, 5) is 3.26. The number of benzene rings is 2. The monoisotopic (exact) mass is 420 g/mol. The lowest BCUT2D eigenvalue weighted by molar-refractivity contribution is -0.139. The van der Waals surface area contributed by atoms with E-state index in [-0.39, 0.29) is 0 Å². The van der Waals surface area contributed by atoms with Gasteiger partial charge < -0.3 is 0 Å². The normalized spacial score (nSPS) is 13.3. The maximum Gasteiger partial charge on any atom is 0.417 e. The number of aryl methyl sites for hydroxylation is 1. The van der Waals surface area contributed by atoms with E-state index < -0.39 is 32.7 Å². The van der Waals surface area contributed by atoms with Crippen LogP contribution in [0.25, 0.3) is 11.1 Å². The van der Waals surface area contributed by atoms with Gasteiger partial charge in [-0.25, -0.2) is 13.1 Å². The largest absolute Gasteiger partial charge is 0.417 e. The van der Waals surface area contributed by atoms with E-state index in [1.807, 2.05) is 25.1 Å². The van der Waals surface area contributed by atoms with Crippen molar-refractivity contribution in [1.82, 2.24) is 9.71 Å². The molecule has 0 fully saturated rings. The Morgan fingerprint density at radius 1 is 1.03 bits per heavy atom. The number of nitrogens with one attached hydrogen (secondary N) is 1. The second-order valence-electron chi connectivity index (χ2n) is 6.65. The van der Waals surface area contributed by atoms with E-state index in [9.17, 15) is 21.6 Å². The minimum Gasteiger partial charge on any atom is -0.264 e. The van der Waals surface area contributed by atoms with Crippen LogP contribution in [-0.4, -0.2) is 13.4 Å². The van der Waals surface area contributed by atoms with Crippen molar-refractivity contribution < 1.29 is 21.6 Å². The van der Waals surface area contributed by atoms with E-state index in [4.69, 9.17) is 0 Å². The zero-order valence-electron chi connectivity index (χ0n) is 15.7. The Balaban J connectivity index is 1.93. The molecule has 3 rings (SSSR count). The molecule has 0 saturated carbocycles. The van der Waals surface area contributed by atoms with E-state index >= 15 is 0 Å². The SMILES string of the molecule is Cc1cnccc1-c1cccc([C@@H](C)NS(=O)(=O)c2ccccc2C(F)(F)F)c1. The first-order valence-electron chi connectivity index (χ1n) is 8.79. The Morgan fingerprint density at radius 2 is 1.76 bits per heavy atom. The first-order valence-corrected chi connectivity index (χ1v) is 10.3. The number of pyridine rings is 1. The Hall–Kier alpha value is -2.71. The maximum atomic E-state index is 13.2. The van der Waals surface area contributed by atoms with Gasteiger partial charge in [0.25, 0.3) is 0 Å². The predicted molar refractivity (Wildman–Crippen MR) is 105 cm³/mol. The van der Waals surface area contributed by atoms with Crippen molar-refractivity contribution in [1.29, 1.82) is 0 Å². The Bertz CT molecular complexity index is 1130. The van der Waals surface area contributed by atoms with E-state index in [1.165, 1.54) is 6.07 Å². The topological polar surface area (TPSA) is 59.1 Å². The molecule has 3 aromatic rings. The zero-order chi connectivity index (χ0) is 21.2. The molecule has 1 atom stereocenters. The molecular weight excluding hydrogens is 401 g/mol. The van der Waals surface area contributed by atoms with Gasteiger partial charge in [0.2, 0.25) is 10.0 Å². The Kier molecular flexibility index (Phi) is 5.77. The van der Waals surface area contributed by atoms with Crippen LogP contribution in [0.2, 0.25) is 0 Å². The molecule has 0 aliphatic heterocycles. The Morgan fingerprint density at radius 3 is 2.45 bits per heavy atom. The van der Waals surface area contributed by atoms with Crippen LogP contribution in [0.3, 0.4) is 0 Å². The number of hydrogen-bond acceptors (Lipinski definition) is 3. The minimum absolute atomic E-state index is 0.631. The van der Waals surface area contributed by atoms with Crippen molar-refractivity contribution in [2.75, 3.05) is 0 Å².